The number of nitrogens with one attached hydrogen (secondary N) is 1. The summed E-state index contributed by atoms with van der Waals surface area (Å²) in [4.78, 5) is 30.1. The summed E-state index contributed by atoms with van der Waals surface area (Å²) in [5.74, 6) is 0.233. The van der Waals surface area contributed by atoms with Crippen molar-refractivity contribution >= 4 is 28.6 Å². The Morgan fingerprint density at radius 1 is 1.17 bits per heavy atom. The van der Waals surface area contributed by atoms with Crippen molar-refractivity contribution in [3.63, 3.8) is 0 Å². The highest BCUT2D eigenvalue weighted by molar-refractivity contribution is 7.99. The molecule has 1 amide bonds. The van der Waals surface area contributed by atoms with Crippen LogP contribution in [0.25, 0.3) is 16.6 Å². The number of unbranched alkanes of at least 4 members (excludes halogenated alkanes) is 1. The van der Waals surface area contributed by atoms with Crippen molar-refractivity contribution in [3.05, 3.63) is 64.4 Å². The predicted molar refractivity (Wildman–Crippen MR) is 118 cm³/mol. The van der Waals surface area contributed by atoms with Crippen molar-refractivity contribution in [2.75, 3.05) is 5.75 Å². The zero-order valence-corrected chi connectivity index (χ0v) is 17.4. The number of aromatic nitrogens is 2. The Labute approximate surface area is 174 Å². The summed E-state index contributed by atoms with van der Waals surface area (Å²) in [7, 11) is 0. The monoisotopic (exact) mass is 407 g/mol. The lowest BCUT2D eigenvalue weighted by atomic mass is 10.1. The number of amides is 1. The van der Waals surface area contributed by atoms with Crippen LogP contribution in [0.3, 0.4) is 0 Å². The van der Waals surface area contributed by atoms with Crippen LogP contribution in [0.2, 0.25) is 0 Å². The maximum Gasteiger partial charge on any atom is 0.266 e. The first kappa shape index (κ1) is 19.7. The van der Waals surface area contributed by atoms with Gasteiger partial charge in [0.2, 0.25) is 5.91 Å². The Morgan fingerprint density at radius 2 is 1.93 bits per heavy atom. The van der Waals surface area contributed by atoms with Crippen LogP contribution < -0.4 is 10.9 Å². The minimum Gasteiger partial charge on any atom is -0.353 e. The predicted octanol–water partition coefficient (Wildman–Crippen LogP) is 4.10. The molecular formula is C23H25N3O2S. The van der Waals surface area contributed by atoms with E-state index < -0.39 is 0 Å². The molecule has 6 heteroatoms. The summed E-state index contributed by atoms with van der Waals surface area (Å²) < 4.78 is 1.63. The zero-order chi connectivity index (χ0) is 20.2. The second-order valence-corrected chi connectivity index (χ2v) is 8.40. The van der Waals surface area contributed by atoms with E-state index in [4.69, 9.17) is 4.98 Å². The molecular weight excluding hydrogens is 382 g/mol. The van der Waals surface area contributed by atoms with Gasteiger partial charge < -0.3 is 5.32 Å². The standard InChI is InChI=1S/C23H25N3O2S/c1-2-3-6-16-9-13-18(14-10-16)26-22(28)19-7-4-5-8-20(19)25-23(26)29-15-21(27)24-17-11-12-17/h4-5,7-10,13-14,17H,2-3,6,11-12,15H2,1H3,(H,24,27). The molecule has 1 saturated carbocycles. The van der Waals surface area contributed by atoms with Crippen LogP contribution in [0.15, 0.2) is 58.5 Å². The number of nitrogens with zero attached hydrogens (tertiary/aromatic N) is 2. The lowest BCUT2D eigenvalue weighted by Gasteiger charge is -2.14. The fourth-order valence-electron chi connectivity index (χ4n) is 3.26. The number of thioether (sulfide) groups is 1. The molecule has 1 N–H and O–H groups in total. The Hall–Kier alpha value is -2.60. The molecule has 1 heterocycles. The number of aryl methyl sites for hydroxylation is 1. The molecule has 0 spiro atoms. The van der Waals surface area contributed by atoms with Crippen molar-refractivity contribution in [2.45, 2.75) is 50.2 Å². The molecule has 0 unspecified atom stereocenters. The van der Waals surface area contributed by atoms with Gasteiger partial charge >= 0.3 is 0 Å². The summed E-state index contributed by atoms with van der Waals surface area (Å²) >= 11 is 1.31. The highest BCUT2D eigenvalue weighted by atomic mass is 32.2. The van der Waals surface area contributed by atoms with Crippen LogP contribution in [0.5, 0.6) is 0 Å². The summed E-state index contributed by atoms with van der Waals surface area (Å²) in [6.07, 6.45) is 5.44. The molecule has 3 aromatic rings. The molecule has 0 aliphatic heterocycles. The third kappa shape index (κ3) is 4.70. The fourth-order valence-corrected chi connectivity index (χ4v) is 4.08. The molecule has 29 heavy (non-hydrogen) atoms. The van der Waals surface area contributed by atoms with E-state index in [1.165, 1.54) is 17.3 Å². The first-order valence-electron chi connectivity index (χ1n) is 10.2. The van der Waals surface area contributed by atoms with Crippen LogP contribution in [-0.2, 0) is 11.2 Å². The van der Waals surface area contributed by atoms with Crippen molar-refractivity contribution in [3.8, 4) is 5.69 Å². The molecule has 0 atom stereocenters. The van der Waals surface area contributed by atoms with Crippen LogP contribution >= 0.6 is 11.8 Å². The normalized spacial score (nSPS) is 13.6. The molecule has 1 fully saturated rings. The maximum atomic E-state index is 13.2. The van der Waals surface area contributed by atoms with E-state index in [2.05, 4.69) is 24.4 Å². The zero-order valence-electron chi connectivity index (χ0n) is 16.6. The molecule has 2 aromatic carbocycles. The molecule has 1 aliphatic rings. The average Bonchev–Trinajstić information content (AvgIpc) is 3.55. The Balaban J connectivity index is 1.68. The lowest BCUT2D eigenvalue weighted by molar-refractivity contribution is -0.118. The highest BCUT2D eigenvalue weighted by Crippen LogP contribution is 2.23. The Bertz CT molecular complexity index is 1070. The van der Waals surface area contributed by atoms with Gasteiger partial charge in [0.25, 0.3) is 5.56 Å². The van der Waals surface area contributed by atoms with E-state index in [0.717, 1.165) is 37.8 Å². The van der Waals surface area contributed by atoms with Crippen LogP contribution in [0.1, 0.15) is 38.2 Å². The van der Waals surface area contributed by atoms with E-state index >= 15 is 0 Å². The average molecular weight is 408 g/mol. The third-order valence-corrected chi connectivity index (χ3v) is 5.97. The molecule has 0 saturated heterocycles. The topological polar surface area (TPSA) is 64.0 Å². The van der Waals surface area contributed by atoms with E-state index in [9.17, 15) is 9.59 Å². The number of carbonyl (C=O) groups excluding carboxylic acids is 1. The van der Waals surface area contributed by atoms with Crippen LogP contribution in [-0.4, -0.2) is 27.3 Å². The number of para-hydroxylation sites is 1. The van der Waals surface area contributed by atoms with Crippen LogP contribution in [0, 0.1) is 0 Å². The molecule has 0 radical (unpaired) electrons. The third-order valence-electron chi connectivity index (χ3n) is 5.03. The summed E-state index contributed by atoms with van der Waals surface area (Å²) in [5, 5.41) is 4.11. The molecule has 1 aliphatic carbocycles. The first-order valence-corrected chi connectivity index (χ1v) is 11.2. The molecule has 5 nitrogen and oxygen atoms in total. The van der Waals surface area contributed by atoms with Gasteiger partial charge in [0.05, 0.1) is 22.3 Å². The maximum absolute atomic E-state index is 13.2. The van der Waals surface area contributed by atoms with E-state index in [0.29, 0.717) is 22.1 Å². The Kier molecular flexibility index (Phi) is 6.00. The number of rotatable bonds is 8. The fraction of sp³-hybridized carbons (Fsp3) is 0.348. The molecule has 4 rings (SSSR count). The van der Waals surface area contributed by atoms with Gasteiger partial charge in [0.15, 0.2) is 5.16 Å². The van der Waals surface area contributed by atoms with Gasteiger partial charge in [-0.1, -0.05) is 49.4 Å². The van der Waals surface area contributed by atoms with Gasteiger partial charge in [0.1, 0.15) is 0 Å². The summed E-state index contributed by atoms with van der Waals surface area (Å²) in [6.45, 7) is 2.18. The van der Waals surface area contributed by atoms with Gasteiger partial charge in [-0.3, -0.25) is 14.2 Å². The van der Waals surface area contributed by atoms with E-state index in [-0.39, 0.29) is 17.2 Å². The molecule has 1 aromatic heterocycles. The van der Waals surface area contributed by atoms with Gasteiger partial charge in [0, 0.05) is 6.04 Å². The second kappa shape index (κ2) is 8.82. The van der Waals surface area contributed by atoms with Crippen molar-refractivity contribution in [1.82, 2.24) is 14.9 Å². The summed E-state index contributed by atoms with van der Waals surface area (Å²) in [6, 6.07) is 15.8. The van der Waals surface area contributed by atoms with Gasteiger partial charge in [-0.2, -0.15) is 0 Å². The molecule has 0 bridgehead atoms. The number of benzene rings is 2. The smallest absolute Gasteiger partial charge is 0.266 e. The van der Waals surface area contributed by atoms with E-state index in [1.54, 1.807) is 10.6 Å². The van der Waals surface area contributed by atoms with Crippen molar-refractivity contribution in [2.24, 2.45) is 0 Å². The minimum absolute atomic E-state index is 0.0126. The largest absolute Gasteiger partial charge is 0.353 e. The first-order chi connectivity index (χ1) is 14.2. The minimum atomic E-state index is -0.109. The summed E-state index contributed by atoms with van der Waals surface area (Å²) in [5.41, 5.74) is 2.58. The Morgan fingerprint density at radius 3 is 2.66 bits per heavy atom. The SMILES string of the molecule is CCCCc1ccc(-n2c(SCC(=O)NC3CC3)nc3ccccc3c2=O)cc1. The number of fused-ring (bicyclic) bond motifs is 1. The second-order valence-electron chi connectivity index (χ2n) is 7.45. The van der Waals surface area contributed by atoms with Gasteiger partial charge in [-0.05, 0) is 55.5 Å². The van der Waals surface area contributed by atoms with Gasteiger partial charge in [-0.15, -0.1) is 0 Å². The van der Waals surface area contributed by atoms with E-state index in [1.807, 2.05) is 30.3 Å². The highest BCUT2D eigenvalue weighted by Gasteiger charge is 2.23. The van der Waals surface area contributed by atoms with Crippen molar-refractivity contribution < 1.29 is 4.79 Å². The van der Waals surface area contributed by atoms with Crippen molar-refractivity contribution in [1.29, 1.82) is 0 Å². The molecule has 150 valence electrons. The van der Waals surface area contributed by atoms with Gasteiger partial charge in [-0.25, -0.2) is 4.98 Å². The lowest BCUT2D eigenvalue weighted by Crippen LogP contribution is -2.28. The number of carbonyl (C=O) groups is 1. The quantitative estimate of drug-likeness (QED) is 0.451. The van der Waals surface area contributed by atoms with Crippen LogP contribution in [0.4, 0.5) is 0 Å². The number of hydrogen-bond donors (Lipinski definition) is 1. The number of hydrogen-bond acceptors (Lipinski definition) is 4.